The minimum Gasteiger partial charge on any atom is -0.380 e. The second-order valence-corrected chi connectivity index (χ2v) is 5.41. The Morgan fingerprint density at radius 3 is 2.95 bits per heavy atom. The normalized spacial score (nSPS) is 26.2. The molecule has 0 aromatic heterocycles. The average molecular weight is 282 g/mol. The third-order valence-corrected chi connectivity index (χ3v) is 3.87. The summed E-state index contributed by atoms with van der Waals surface area (Å²) in [6.45, 7) is 4.75. The highest BCUT2D eigenvalue weighted by atomic mass is 19.1. The molecule has 1 aliphatic heterocycles. The maximum Gasteiger partial charge on any atom is 0.272 e. The molecule has 0 amide bonds. The Morgan fingerprint density at radius 1 is 1.60 bits per heavy atom. The van der Waals surface area contributed by atoms with Crippen molar-refractivity contribution in [2.75, 3.05) is 11.9 Å². The summed E-state index contributed by atoms with van der Waals surface area (Å²) in [6, 6.07) is 3.79. The molecular weight excluding hydrogens is 263 g/mol. The highest BCUT2D eigenvalue weighted by molar-refractivity contribution is 5.50. The van der Waals surface area contributed by atoms with Crippen LogP contribution < -0.4 is 5.32 Å². The number of nitrogens with zero attached hydrogens (tertiary/aromatic N) is 1. The first-order valence-electron chi connectivity index (χ1n) is 6.78. The lowest BCUT2D eigenvalue weighted by molar-refractivity contribution is -0.385. The summed E-state index contributed by atoms with van der Waals surface area (Å²) < 4.78 is 19.6. The smallest absolute Gasteiger partial charge is 0.272 e. The van der Waals surface area contributed by atoms with Crippen LogP contribution in [0.1, 0.15) is 33.1 Å². The van der Waals surface area contributed by atoms with Crippen LogP contribution in [0.25, 0.3) is 0 Å². The van der Waals surface area contributed by atoms with Gasteiger partial charge in [-0.2, -0.15) is 0 Å². The molecule has 2 unspecified atom stereocenters. The molecule has 6 heteroatoms. The molecule has 1 aliphatic rings. The van der Waals surface area contributed by atoms with E-state index in [1.54, 1.807) is 0 Å². The lowest BCUT2D eigenvalue weighted by Crippen LogP contribution is -2.42. The highest BCUT2D eigenvalue weighted by Gasteiger charge is 2.31. The molecule has 5 nitrogen and oxygen atoms in total. The number of rotatable bonds is 4. The van der Waals surface area contributed by atoms with Gasteiger partial charge in [-0.3, -0.25) is 10.1 Å². The molecule has 1 N–H and O–H groups in total. The second-order valence-electron chi connectivity index (χ2n) is 5.41. The van der Waals surface area contributed by atoms with Crippen molar-refractivity contribution in [1.29, 1.82) is 0 Å². The molecule has 0 radical (unpaired) electrons. The van der Waals surface area contributed by atoms with Gasteiger partial charge in [-0.15, -0.1) is 0 Å². The lowest BCUT2D eigenvalue weighted by Gasteiger charge is -2.38. The molecular formula is C14H19FN2O3. The molecule has 1 aromatic rings. The van der Waals surface area contributed by atoms with Crippen molar-refractivity contribution in [3.63, 3.8) is 0 Å². The number of non-ortho nitro benzene ring substituents is 1. The van der Waals surface area contributed by atoms with Crippen molar-refractivity contribution < 1.29 is 14.1 Å². The molecule has 0 aliphatic carbocycles. The second kappa shape index (κ2) is 5.75. The number of ether oxygens (including phenoxy) is 1. The van der Waals surface area contributed by atoms with Crippen molar-refractivity contribution in [1.82, 2.24) is 0 Å². The standard InChI is InChI=1S/C14H19FN2O3/c1-3-14(2)9-10(6-7-20-14)16-13-5-4-11(17(18)19)8-12(13)15/h4-5,8,10,16H,3,6-7,9H2,1-2H3. The van der Waals surface area contributed by atoms with E-state index in [4.69, 9.17) is 4.74 Å². The summed E-state index contributed by atoms with van der Waals surface area (Å²) in [6.07, 6.45) is 2.49. The molecule has 1 aromatic carbocycles. The Morgan fingerprint density at radius 2 is 2.35 bits per heavy atom. The van der Waals surface area contributed by atoms with Gasteiger partial charge in [-0.1, -0.05) is 6.92 Å². The van der Waals surface area contributed by atoms with Gasteiger partial charge in [0.2, 0.25) is 0 Å². The average Bonchev–Trinajstić information content (AvgIpc) is 2.41. The van der Waals surface area contributed by atoms with Crippen LogP contribution in [0.4, 0.5) is 15.8 Å². The number of nitro groups is 1. The van der Waals surface area contributed by atoms with Crippen molar-refractivity contribution in [3.8, 4) is 0 Å². The largest absolute Gasteiger partial charge is 0.380 e. The Balaban J connectivity index is 2.08. The Hall–Kier alpha value is -1.69. The highest BCUT2D eigenvalue weighted by Crippen LogP contribution is 2.30. The summed E-state index contributed by atoms with van der Waals surface area (Å²) in [5, 5.41) is 13.7. The van der Waals surface area contributed by atoms with Gasteiger partial charge in [0.1, 0.15) is 0 Å². The van der Waals surface area contributed by atoms with E-state index in [9.17, 15) is 14.5 Å². The summed E-state index contributed by atoms with van der Waals surface area (Å²) in [4.78, 5) is 9.98. The van der Waals surface area contributed by atoms with Crippen LogP contribution in [0.5, 0.6) is 0 Å². The fraction of sp³-hybridized carbons (Fsp3) is 0.571. The third-order valence-electron chi connectivity index (χ3n) is 3.87. The first-order chi connectivity index (χ1) is 9.43. The zero-order chi connectivity index (χ0) is 14.8. The van der Waals surface area contributed by atoms with E-state index in [1.807, 2.05) is 6.92 Å². The number of nitro benzene ring substituents is 1. The van der Waals surface area contributed by atoms with Gasteiger partial charge >= 0.3 is 0 Å². The monoisotopic (exact) mass is 282 g/mol. The van der Waals surface area contributed by atoms with E-state index in [-0.39, 0.29) is 17.3 Å². The summed E-state index contributed by atoms with van der Waals surface area (Å²) >= 11 is 0. The van der Waals surface area contributed by atoms with E-state index < -0.39 is 10.7 Å². The minimum absolute atomic E-state index is 0.115. The molecule has 2 rings (SSSR count). The Labute approximate surface area is 117 Å². The Kier molecular flexibility index (Phi) is 4.23. The van der Waals surface area contributed by atoms with Crippen LogP contribution in [0.15, 0.2) is 18.2 Å². The van der Waals surface area contributed by atoms with Crippen LogP contribution >= 0.6 is 0 Å². The van der Waals surface area contributed by atoms with Gasteiger partial charge in [0.25, 0.3) is 5.69 Å². The van der Waals surface area contributed by atoms with Crippen molar-refractivity contribution >= 4 is 11.4 Å². The lowest BCUT2D eigenvalue weighted by atomic mass is 9.90. The number of anilines is 1. The van der Waals surface area contributed by atoms with Crippen molar-refractivity contribution in [2.24, 2.45) is 0 Å². The summed E-state index contributed by atoms with van der Waals surface area (Å²) in [5.74, 6) is -0.594. The maximum absolute atomic E-state index is 13.8. The number of hydrogen-bond donors (Lipinski definition) is 1. The third kappa shape index (κ3) is 3.25. The van der Waals surface area contributed by atoms with Crippen LogP contribution in [0, 0.1) is 15.9 Å². The first-order valence-corrected chi connectivity index (χ1v) is 6.78. The van der Waals surface area contributed by atoms with E-state index in [1.165, 1.54) is 12.1 Å². The number of benzene rings is 1. The topological polar surface area (TPSA) is 64.4 Å². The number of nitrogens with one attached hydrogen (secondary N) is 1. The van der Waals surface area contributed by atoms with Gasteiger partial charge in [-0.05, 0) is 32.3 Å². The molecule has 0 bridgehead atoms. The summed E-state index contributed by atoms with van der Waals surface area (Å²) in [5.41, 5.74) is -0.118. The van der Waals surface area contributed by atoms with E-state index in [2.05, 4.69) is 12.2 Å². The van der Waals surface area contributed by atoms with Gasteiger partial charge in [-0.25, -0.2) is 4.39 Å². The van der Waals surface area contributed by atoms with Gasteiger partial charge in [0.15, 0.2) is 5.82 Å². The number of hydrogen-bond acceptors (Lipinski definition) is 4. The fourth-order valence-electron chi connectivity index (χ4n) is 2.45. The van der Waals surface area contributed by atoms with Crippen LogP contribution in [-0.4, -0.2) is 23.2 Å². The van der Waals surface area contributed by atoms with Gasteiger partial charge in [0.05, 0.1) is 22.3 Å². The number of halogens is 1. The molecule has 110 valence electrons. The molecule has 0 saturated carbocycles. The zero-order valence-electron chi connectivity index (χ0n) is 11.7. The first kappa shape index (κ1) is 14.7. The predicted molar refractivity (Wildman–Crippen MR) is 74.3 cm³/mol. The van der Waals surface area contributed by atoms with Crippen molar-refractivity contribution in [2.45, 2.75) is 44.8 Å². The molecule has 1 saturated heterocycles. The molecule has 1 fully saturated rings. The Bertz CT molecular complexity index is 509. The molecule has 2 atom stereocenters. The molecule has 20 heavy (non-hydrogen) atoms. The van der Waals surface area contributed by atoms with Crippen molar-refractivity contribution in [3.05, 3.63) is 34.1 Å². The van der Waals surface area contributed by atoms with Crippen LogP contribution in [-0.2, 0) is 4.74 Å². The predicted octanol–water partition coefficient (Wildman–Crippen LogP) is 3.49. The summed E-state index contributed by atoms with van der Waals surface area (Å²) in [7, 11) is 0. The SMILES string of the molecule is CCC1(C)CC(Nc2ccc([N+](=O)[O-])cc2F)CCO1. The molecule has 1 heterocycles. The van der Waals surface area contributed by atoms with Gasteiger partial charge < -0.3 is 10.1 Å². The van der Waals surface area contributed by atoms with E-state index in [0.717, 1.165) is 25.3 Å². The quantitative estimate of drug-likeness (QED) is 0.678. The van der Waals surface area contributed by atoms with Gasteiger partial charge in [0, 0.05) is 18.7 Å². The minimum atomic E-state index is -0.602. The maximum atomic E-state index is 13.8. The van der Waals surface area contributed by atoms with E-state index in [0.29, 0.717) is 12.3 Å². The van der Waals surface area contributed by atoms with E-state index >= 15 is 0 Å². The van der Waals surface area contributed by atoms with Crippen LogP contribution in [0.3, 0.4) is 0 Å². The van der Waals surface area contributed by atoms with Crippen LogP contribution in [0.2, 0.25) is 0 Å². The fourth-order valence-corrected chi connectivity index (χ4v) is 2.45. The molecule has 0 spiro atoms. The zero-order valence-corrected chi connectivity index (χ0v) is 11.7.